The van der Waals surface area contributed by atoms with E-state index >= 15 is 0 Å². The smallest absolute Gasteiger partial charge is 0.336 e. The molecule has 0 spiro atoms. The van der Waals surface area contributed by atoms with Crippen LogP contribution in [-0.4, -0.2) is 81.7 Å². The molecule has 4 aromatic rings. The molecule has 5 rings (SSSR count). The number of pyridine rings is 1. The Morgan fingerprint density at radius 1 is 1.08 bits per heavy atom. The molecule has 2 N–H and O–H groups in total. The van der Waals surface area contributed by atoms with Gasteiger partial charge in [0, 0.05) is 51.7 Å². The first-order valence-corrected chi connectivity index (χ1v) is 11.9. The highest BCUT2D eigenvalue weighted by Gasteiger charge is 2.20. The molecule has 11 nitrogen and oxygen atoms in total. The summed E-state index contributed by atoms with van der Waals surface area (Å²) in [6.07, 6.45) is 4.85. The average Bonchev–Trinajstić information content (AvgIpc) is 3.19. The van der Waals surface area contributed by atoms with Crippen molar-refractivity contribution >= 4 is 28.3 Å². The number of hydrogen-bond acceptors (Lipinski definition) is 8. The number of carbonyl (C=O) groups excluding carboxylic acids is 1. The highest BCUT2D eigenvalue weighted by molar-refractivity contribution is 6.04. The Kier molecular flexibility index (Phi) is 6.74. The molecule has 0 atom stereocenters. The summed E-state index contributed by atoms with van der Waals surface area (Å²) in [6, 6.07) is 11.0. The van der Waals surface area contributed by atoms with Crippen LogP contribution in [0, 0.1) is 0 Å². The number of piperazine rings is 1. The van der Waals surface area contributed by atoms with Crippen molar-refractivity contribution in [1.29, 1.82) is 0 Å². The van der Waals surface area contributed by atoms with Crippen LogP contribution < -0.4 is 21.2 Å². The third-order valence-electron chi connectivity index (χ3n) is 6.19. The molecule has 1 saturated heterocycles. The van der Waals surface area contributed by atoms with E-state index in [-0.39, 0.29) is 17.3 Å². The number of amides is 1. The molecule has 1 aliphatic rings. The molecule has 0 unspecified atom stereocenters. The zero-order valence-corrected chi connectivity index (χ0v) is 20.4. The van der Waals surface area contributed by atoms with Crippen molar-refractivity contribution in [1.82, 2.24) is 34.3 Å². The minimum atomic E-state index is -0.396. The number of likely N-dealkylation sites (N-methyl/N-ethyl adjacent to an activating group) is 1. The first-order chi connectivity index (χ1) is 17.5. The van der Waals surface area contributed by atoms with Crippen LogP contribution in [-0.2, 0) is 6.54 Å². The standard InChI is InChI=1S/C25H29N9O2/c1-31(2)15-16-33-21-5-3-4-6-22(21)34(25(33)36)24-28-10-7-18(30-24)23(35)29-19-17-27-9-8-20(19)32-13-11-26-12-14-32/h3-10,17,26H,11-16H2,1-2H3,(H,29,35). The summed E-state index contributed by atoms with van der Waals surface area (Å²) in [7, 11) is 3.93. The third-order valence-corrected chi connectivity index (χ3v) is 6.19. The Hall–Kier alpha value is -4.09. The molecule has 0 aliphatic carbocycles. The zero-order valence-electron chi connectivity index (χ0n) is 20.4. The Balaban J connectivity index is 1.47. The number of fused-ring (bicyclic) bond motifs is 1. The van der Waals surface area contributed by atoms with Gasteiger partial charge in [0.2, 0.25) is 5.95 Å². The maximum Gasteiger partial charge on any atom is 0.336 e. The number of imidazole rings is 1. The van der Waals surface area contributed by atoms with Crippen LogP contribution >= 0.6 is 0 Å². The van der Waals surface area contributed by atoms with Gasteiger partial charge in [-0.3, -0.25) is 14.3 Å². The number of para-hydroxylation sites is 2. The number of hydrogen-bond donors (Lipinski definition) is 2. The third kappa shape index (κ3) is 4.70. The van der Waals surface area contributed by atoms with E-state index in [2.05, 4.69) is 30.5 Å². The number of aromatic nitrogens is 5. The van der Waals surface area contributed by atoms with Gasteiger partial charge in [-0.25, -0.2) is 19.3 Å². The van der Waals surface area contributed by atoms with Gasteiger partial charge in [-0.1, -0.05) is 12.1 Å². The summed E-state index contributed by atoms with van der Waals surface area (Å²) in [5, 5.41) is 6.27. The first kappa shape index (κ1) is 23.6. The SMILES string of the molecule is CN(C)CCn1c(=O)n(-c2nccc(C(=O)Nc3cnccc3N3CCNCC3)n2)c2ccccc21. The van der Waals surface area contributed by atoms with Gasteiger partial charge in [0.1, 0.15) is 5.69 Å². The van der Waals surface area contributed by atoms with Crippen molar-refractivity contribution in [3.63, 3.8) is 0 Å². The van der Waals surface area contributed by atoms with Crippen molar-refractivity contribution in [2.24, 2.45) is 0 Å². The fraction of sp³-hybridized carbons (Fsp3) is 0.320. The van der Waals surface area contributed by atoms with Gasteiger partial charge >= 0.3 is 5.69 Å². The van der Waals surface area contributed by atoms with Gasteiger partial charge in [-0.2, -0.15) is 0 Å². The number of carbonyl (C=O) groups is 1. The Morgan fingerprint density at radius 2 is 1.86 bits per heavy atom. The van der Waals surface area contributed by atoms with Crippen LogP contribution in [0.15, 0.2) is 59.8 Å². The molecule has 186 valence electrons. The summed E-state index contributed by atoms with van der Waals surface area (Å²) < 4.78 is 3.17. The molecule has 0 bridgehead atoms. The molecule has 36 heavy (non-hydrogen) atoms. The molecule has 1 aromatic carbocycles. The summed E-state index contributed by atoms with van der Waals surface area (Å²) in [4.78, 5) is 43.8. The summed E-state index contributed by atoms with van der Waals surface area (Å²) in [5.74, 6) is -0.242. The van der Waals surface area contributed by atoms with Crippen LogP contribution in [0.4, 0.5) is 11.4 Å². The van der Waals surface area contributed by atoms with E-state index in [4.69, 9.17) is 0 Å². The monoisotopic (exact) mass is 487 g/mol. The van der Waals surface area contributed by atoms with Crippen LogP contribution in [0.1, 0.15) is 10.5 Å². The van der Waals surface area contributed by atoms with Crippen LogP contribution in [0.3, 0.4) is 0 Å². The lowest BCUT2D eigenvalue weighted by Crippen LogP contribution is -2.43. The molecular weight excluding hydrogens is 458 g/mol. The number of benzene rings is 1. The summed E-state index contributed by atoms with van der Waals surface area (Å²) >= 11 is 0. The van der Waals surface area contributed by atoms with Gasteiger partial charge in [0.05, 0.1) is 28.6 Å². The predicted molar refractivity (Wildman–Crippen MR) is 139 cm³/mol. The summed E-state index contributed by atoms with van der Waals surface area (Å²) in [6.45, 7) is 4.66. The van der Waals surface area contributed by atoms with Gasteiger partial charge in [0.15, 0.2) is 0 Å². The molecule has 1 aliphatic heterocycles. The Labute approximate surface area is 208 Å². The highest BCUT2D eigenvalue weighted by Crippen LogP contribution is 2.25. The molecule has 0 saturated carbocycles. The van der Waals surface area contributed by atoms with Crippen molar-refractivity contribution in [2.45, 2.75) is 6.54 Å². The molecule has 0 radical (unpaired) electrons. The average molecular weight is 488 g/mol. The topological polar surface area (TPSA) is 113 Å². The van der Waals surface area contributed by atoms with Gasteiger partial charge in [-0.15, -0.1) is 0 Å². The van der Waals surface area contributed by atoms with Crippen molar-refractivity contribution < 1.29 is 4.79 Å². The van der Waals surface area contributed by atoms with Gasteiger partial charge in [-0.05, 0) is 38.4 Å². The van der Waals surface area contributed by atoms with Gasteiger partial charge < -0.3 is 20.4 Å². The normalized spacial score (nSPS) is 13.9. The Bertz CT molecular complexity index is 1440. The molecule has 11 heteroatoms. The second-order valence-corrected chi connectivity index (χ2v) is 8.89. The second kappa shape index (κ2) is 10.3. The van der Waals surface area contributed by atoms with E-state index in [1.165, 1.54) is 16.8 Å². The molecule has 4 heterocycles. The zero-order chi connectivity index (χ0) is 25.1. The Morgan fingerprint density at radius 3 is 2.64 bits per heavy atom. The molecule has 3 aromatic heterocycles. The van der Waals surface area contributed by atoms with E-state index in [9.17, 15) is 9.59 Å². The van der Waals surface area contributed by atoms with E-state index in [0.717, 1.165) is 37.4 Å². The highest BCUT2D eigenvalue weighted by atomic mass is 16.2. The lowest BCUT2D eigenvalue weighted by molar-refractivity contribution is 0.102. The molecule has 1 fully saturated rings. The van der Waals surface area contributed by atoms with E-state index in [0.29, 0.717) is 24.3 Å². The number of nitrogens with one attached hydrogen (secondary N) is 2. The van der Waals surface area contributed by atoms with Crippen molar-refractivity contribution in [3.8, 4) is 5.95 Å². The van der Waals surface area contributed by atoms with Crippen LogP contribution in [0.5, 0.6) is 0 Å². The lowest BCUT2D eigenvalue weighted by Gasteiger charge is -2.30. The minimum Gasteiger partial charge on any atom is -0.367 e. The van der Waals surface area contributed by atoms with Crippen molar-refractivity contribution in [3.05, 3.63) is 71.2 Å². The van der Waals surface area contributed by atoms with E-state index in [1.807, 2.05) is 49.3 Å². The van der Waals surface area contributed by atoms with Crippen LogP contribution in [0.25, 0.3) is 17.0 Å². The van der Waals surface area contributed by atoms with E-state index in [1.54, 1.807) is 17.0 Å². The van der Waals surface area contributed by atoms with Crippen molar-refractivity contribution in [2.75, 3.05) is 57.0 Å². The molecular formula is C25H29N9O2. The first-order valence-electron chi connectivity index (χ1n) is 11.9. The largest absolute Gasteiger partial charge is 0.367 e. The fourth-order valence-electron chi connectivity index (χ4n) is 4.35. The number of rotatable bonds is 7. The van der Waals surface area contributed by atoms with Gasteiger partial charge in [0.25, 0.3) is 5.91 Å². The van der Waals surface area contributed by atoms with Crippen LogP contribution in [0.2, 0.25) is 0 Å². The minimum absolute atomic E-state index is 0.154. The summed E-state index contributed by atoms with van der Waals surface area (Å²) in [5.41, 5.74) is 2.92. The lowest BCUT2D eigenvalue weighted by atomic mass is 10.2. The predicted octanol–water partition coefficient (Wildman–Crippen LogP) is 1.20. The number of anilines is 2. The maximum atomic E-state index is 13.4. The molecule has 1 amide bonds. The van der Waals surface area contributed by atoms with E-state index < -0.39 is 5.91 Å². The quantitative estimate of drug-likeness (QED) is 0.400. The number of nitrogens with zero attached hydrogens (tertiary/aromatic N) is 7. The maximum absolute atomic E-state index is 13.4. The fourth-order valence-corrected chi connectivity index (χ4v) is 4.35. The second-order valence-electron chi connectivity index (χ2n) is 8.89.